The molecule has 2 aliphatic carbocycles. The van der Waals surface area contributed by atoms with E-state index in [9.17, 15) is 14.9 Å². The summed E-state index contributed by atoms with van der Waals surface area (Å²) in [6, 6.07) is 0. The predicted molar refractivity (Wildman–Crippen MR) is 56.4 cm³/mol. The number of nitrogens with zero attached hydrogens (tertiary/aromatic N) is 2. The predicted octanol–water partition coefficient (Wildman–Crippen LogP) is 0.825. The zero-order valence-electron chi connectivity index (χ0n) is 9.46. The van der Waals surface area contributed by atoms with E-state index < -0.39 is 22.3 Å². The number of fused-ring (bicyclic) bond motifs is 2. The average molecular weight is 242 g/mol. The van der Waals surface area contributed by atoms with Crippen molar-refractivity contribution in [2.45, 2.75) is 31.7 Å². The number of oxime groups is 1. The molecule has 7 heteroatoms. The van der Waals surface area contributed by atoms with Crippen LogP contribution in [0.4, 0.5) is 0 Å². The Labute approximate surface area is 97.6 Å². The molecule has 0 aliphatic heterocycles. The van der Waals surface area contributed by atoms with Crippen LogP contribution in [0.1, 0.15) is 26.2 Å². The van der Waals surface area contributed by atoms with Gasteiger partial charge in [0.15, 0.2) is 0 Å². The van der Waals surface area contributed by atoms with Crippen molar-refractivity contribution in [2.75, 3.05) is 6.61 Å². The molecule has 0 aromatic rings. The highest BCUT2D eigenvalue weighted by Crippen LogP contribution is 2.51. The highest BCUT2D eigenvalue weighted by molar-refractivity contribution is 5.97. The quantitative estimate of drug-likeness (QED) is 0.341. The molecule has 94 valence electrons. The number of esters is 1. The lowest BCUT2D eigenvalue weighted by atomic mass is 9.80. The Bertz CT molecular complexity index is 394. The smallest absolute Gasteiger partial charge is 0.385 e. The van der Waals surface area contributed by atoms with Crippen LogP contribution in [0.2, 0.25) is 0 Å². The van der Waals surface area contributed by atoms with Crippen molar-refractivity contribution in [3.8, 4) is 0 Å². The first-order valence-electron chi connectivity index (χ1n) is 5.58. The maximum Gasteiger partial charge on any atom is 0.385 e. The third-order valence-corrected chi connectivity index (χ3v) is 3.73. The van der Waals surface area contributed by atoms with E-state index in [2.05, 4.69) is 5.16 Å². The molecule has 1 unspecified atom stereocenters. The van der Waals surface area contributed by atoms with E-state index in [1.54, 1.807) is 6.92 Å². The van der Waals surface area contributed by atoms with E-state index in [1.807, 2.05) is 0 Å². The Morgan fingerprint density at radius 3 is 2.94 bits per heavy atom. The Hall–Kier alpha value is -1.66. The van der Waals surface area contributed by atoms with Crippen LogP contribution in [0.15, 0.2) is 5.16 Å². The molecule has 0 spiro atoms. The van der Waals surface area contributed by atoms with Gasteiger partial charge in [0.2, 0.25) is 0 Å². The summed E-state index contributed by atoms with van der Waals surface area (Å²) in [6.07, 6.45) is 1.25. The molecule has 2 bridgehead atoms. The van der Waals surface area contributed by atoms with Crippen LogP contribution in [0.3, 0.4) is 0 Å². The van der Waals surface area contributed by atoms with Crippen LogP contribution in [0, 0.1) is 22.0 Å². The number of hydrogen-bond acceptors (Lipinski definition) is 6. The van der Waals surface area contributed by atoms with Gasteiger partial charge in [-0.3, -0.25) is 10.1 Å². The highest BCUT2D eigenvalue weighted by atomic mass is 16.6. The van der Waals surface area contributed by atoms with Crippen LogP contribution in [-0.4, -0.2) is 34.0 Å². The fraction of sp³-hybridized carbons (Fsp3) is 0.800. The lowest BCUT2D eigenvalue weighted by Crippen LogP contribution is -2.54. The van der Waals surface area contributed by atoms with Crippen LogP contribution in [0.5, 0.6) is 0 Å². The number of carbonyl (C=O) groups excluding carboxylic acids is 1. The molecule has 0 radical (unpaired) electrons. The van der Waals surface area contributed by atoms with Crippen molar-refractivity contribution in [2.24, 2.45) is 17.0 Å². The first-order valence-corrected chi connectivity index (χ1v) is 5.58. The van der Waals surface area contributed by atoms with Crippen LogP contribution in [-0.2, 0) is 9.53 Å². The van der Waals surface area contributed by atoms with E-state index in [-0.39, 0.29) is 18.9 Å². The molecule has 2 saturated carbocycles. The van der Waals surface area contributed by atoms with Crippen molar-refractivity contribution in [3.05, 3.63) is 10.1 Å². The van der Waals surface area contributed by atoms with Gasteiger partial charge in [0.1, 0.15) is 0 Å². The second-order valence-corrected chi connectivity index (χ2v) is 4.56. The van der Waals surface area contributed by atoms with Crippen molar-refractivity contribution < 1.29 is 19.7 Å². The molecule has 3 atom stereocenters. The summed E-state index contributed by atoms with van der Waals surface area (Å²) in [5.41, 5.74) is -1.38. The molecule has 2 fully saturated rings. The second-order valence-electron chi connectivity index (χ2n) is 4.56. The molecule has 1 N–H and O–H groups in total. The average Bonchev–Trinajstić information content (AvgIpc) is 2.86. The molecule has 2 rings (SSSR count). The minimum absolute atomic E-state index is 0.0423. The zero-order chi connectivity index (χ0) is 12.6. The Kier molecular flexibility index (Phi) is 2.76. The summed E-state index contributed by atoms with van der Waals surface area (Å²) in [5, 5.41) is 23.2. The standard InChI is InChI=1S/C10H14N2O5/c1-2-17-9(13)10(12(15)16)5-6-3-7(10)8(4-6)11-14/h6-7,14H,2-5H2,1H3/b11-8+/t6-,7+,10?/m0/s1. The minimum Gasteiger partial charge on any atom is -0.461 e. The summed E-state index contributed by atoms with van der Waals surface area (Å²) >= 11 is 0. The monoisotopic (exact) mass is 242 g/mol. The number of rotatable bonds is 3. The highest BCUT2D eigenvalue weighted by Gasteiger charge is 2.69. The number of hydrogen-bond donors (Lipinski definition) is 1. The molecular formula is C10H14N2O5. The van der Waals surface area contributed by atoms with Gasteiger partial charge < -0.3 is 9.94 Å². The lowest BCUT2D eigenvalue weighted by molar-refractivity contribution is -0.560. The zero-order valence-corrected chi connectivity index (χ0v) is 9.46. The summed E-state index contributed by atoms with van der Waals surface area (Å²) in [7, 11) is 0. The maximum atomic E-state index is 11.9. The molecule has 0 aromatic heterocycles. The summed E-state index contributed by atoms with van der Waals surface area (Å²) in [5.74, 6) is -1.38. The van der Waals surface area contributed by atoms with E-state index in [0.29, 0.717) is 18.6 Å². The van der Waals surface area contributed by atoms with Gasteiger partial charge in [-0.1, -0.05) is 5.16 Å². The van der Waals surface area contributed by atoms with E-state index >= 15 is 0 Å². The molecule has 17 heavy (non-hydrogen) atoms. The summed E-state index contributed by atoms with van der Waals surface area (Å²) in [6.45, 7) is 1.72. The fourth-order valence-electron chi connectivity index (χ4n) is 3.07. The third kappa shape index (κ3) is 1.49. The van der Waals surface area contributed by atoms with Gasteiger partial charge in [-0.25, -0.2) is 4.79 Å². The van der Waals surface area contributed by atoms with Gasteiger partial charge in [0.25, 0.3) is 0 Å². The van der Waals surface area contributed by atoms with Crippen LogP contribution >= 0.6 is 0 Å². The Morgan fingerprint density at radius 2 is 2.47 bits per heavy atom. The SMILES string of the molecule is CCOC(=O)C1([N+](=O)[O-])C[C@@H]2C/C(=N\O)[C@H]1C2. The minimum atomic E-state index is -1.74. The maximum absolute atomic E-state index is 11.9. The van der Waals surface area contributed by atoms with Gasteiger partial charge in [-0.15, -0.1) is 0 Å². The molecule has 0 aromatic carbocycles. The fourth-order valence-corrected chi connectivity index (χ4v) is 3.07. The number of carbonyl (C=O) groups is 1. The van der Waals surface area contributed by atoms with E-state index in [1.165, 1.54) is 0 Å². The molecule has 0 amide bonds. The normalized spacial score (nSPS) is 37.4. The first kappa shape index (κ1) is 11.8. The summed E-state index contributed by atoms with van der Waals surface area (Å²) in [4.78, 5) is 22.5. The van der Waals surface area contributed by atoms with Gasteiger partial charge in [-0.05, 0) is 25.7 Å². The van der Waals surface area contributed by atoms with Crippen molar-refractivity contribution in [1.29, 1.82) is 0 Å². The lowest BCUT2D eigenvalue weighted by Gasteiger charge is -2.27. The van der Waals surface area contributed by atoms with Gasteiger partial charge in [0, 0.05) is 11.3 Å². The van der Waals surface area contributed by atoms with Crippen molar-refractivity contribution >= 4 is 11.7 Å². The topological polar surface area (TPSA) is 102 Å². The van der Waals surface area contributed by atoms with Gasteiger partial charge in [-0.2, -0.15) is 0 Å². The second kappa shape index (κ2) is 3.97. The van der Waals surface area contributed by atoms with Gasteiger partial charge in [0.05, 0.1) is 18.2 Å². The Balaban J connectivity index is 2.37. The van der Waals surface area contributed by atoms with Crippen molar-refractivity contribution in [3.63, 3.8) is 0 Å². The number of nitro groups is 1. The Morgan fingerprint density at radius 1 is 1.76 bits per heavy atom. The van der Waals surface area contributed by atoms with Gasteiger partial charge >= 0.3 is 11.5 Å². The molecule has 0 saturated heterocycles. The van der Waals surface area contributed by atoms with Crippen molar-refractivity contribution in [1.82, 2.24) is 0 Å². The number of ether oxygens (including phenoxy) is 1. The van der Waals surface area contributed by atoms with Crippen LogP contribution in [0.25, 0.3) is 0 Å². The largest absolute Gasteiger partial charge is 0.461 e. The van der Waals surface area contributed by atoms with E-state index in [0.717, 1.165) is 0 Å². The first-order chi connectivity index (χ1) is 8.06. The summed E-state index contributed by atoms with van der Waals surface area (Å²) < 4.78 is 4.82. The van der Waals surface area contributed by atoms with Crippen LogP contribution < -0.4 is 0 Å². The molecular weight excluding hydrogens is 228 g/mol. The third-order valence-electron chi connectivity index (χ3n) is 3.73. The molecule has 7 nitrogen and oxygen atoms in total. The molecule has 0 heterocycles. The van der Waals surface area contributed by atoms with E-state index in [4.69, 9.17) is 9.94 Å². The molecule has 2 aliphatic rings.